The van der Waals surface area contributed by atoms with Crippen molar-refractivity contribution in [2.75, 3.05) is 37.5 Å². The second kappa shape index (κ2) is 6.55. The Labute approximate surface area is 129 Å². The molecule has 1 aromatic heterocycles. The van der Waals surface area contributed by atoms with Crippen LogP contribution in [0.1, 0.15) is 12.1 Å². The molecule has 0 bridgehead atoms. The van der Waals surface area contributed by atoms with Crippen molar-refractivity contribution in [3.8, 4) is 0 Å². The number of aromatic nitrogens is 2. The van der Waals surface area contributed by atoms with Crippen LogP contribution < -0.4 is 5.73 Å². The van der Waals surface area contributed by atoms with E-state index in [-0.39, 0.29) is 16.8 Å². The Morgan fingerprint density at radius 1 is 1.57 bits per heavy atom. The van der Waals surface area contributed by atoms with E-state index in [2.05, 4.69) is 5.10 Å². The zero-order valence-corrected chi connectivity index (χ0v) is 14.2. The summed E-state index contributed by atoms with van der Waals surface area (Å²) in [5.74, 6) is 1.84. The molecule has 120 valence electrons. The van der Waals surface area contributed by atoms with Crippen LogP contribution >= 0.6 is 11.8 Å². The van der Waals surface area contributed by atoms with Crippen molar-refractivity contribution in [2.45, 2.75) is 24.3 Å². The van der Waals surface area contributed by atoms with Crippen LogP contribution in [-0.2, 0) is 21.8 Å². The number of methoxy groups -OCH3 is 1. The van der Waals surface area contributed by atoms with Crippen LogP contribution in [0, 0.1) is 6.92 Å². The van der Waals surface area contributed by atoms with Gasteiger partial charge in [-0.15, -0.1) is 0 Å². The van der Waals surface area contributed by atoms with Crippen molar-refractivity contribution in [1.29, 1.82) is 0 Å². The molecular formula is C12H22N4O3S2. The summed E-state index contributed by atoms with van der Waals surface area (Å²) in [6.07, 6.45) is 0.854. The Balaban J connectivity index is 2.40. The van der Waals surface area contributed by atoms with E-state index in [1.54, 1.807) is 32.8 Å². The smallest absolute Gasteiger partial charge is 0.248 e. The molecule has 1 atom stereocenters. The summed E-state index contributed by atoms with van der Waals surface area (Å²) < 4.78 is 34.1. The van der Waals surface area contributed by atoms with Gasteiger partial charge in [-0.25, -0.2) is 8.42 Å². The van der Waals surface area contributed by atoms with Crippen molar-refractivity contribution >= 4 is 27.6 Å². The summed E-state index contributed by atoms with van der Waals surface area (Å²) in [6, 6.07) is -0.00541. The zero-order valence-electron chi connectivity index (χ0n) is 12.6. The van der Waals surface area contributed by atoms with Crippen molar-refractivity contribution in [2.24, 2.45) is 7.05 Å². The van der Waals surface area contributed by atoms with Crippen LogP contribution in [0.2, 0.25) is 0 Å². The third-order valence-corrected chi connectivity index (χ3v) is 6.96. The van der Waals surface area contributed by atoms with Crippen LogP contribution in [0.25, 0.3) is 0 Å². The van der Waals surface area contributed by atoms with Gasteiger partial charge in [0, 0.05) is 32.5 Å². The number of hydrogen-bond acceptors (Lipinski definition) is 6. The Hall–Kier alpha value is -0.770. The van der Waals surface area contributed by atoms with E-state index in [1.165, 1.54) is 8.99 Å². The van der Waals surface area contributed by atoms with Crippen LogP contribution in [0.5, 0.6) is 0 Å². The maximum atomic E-state index is 13.0. The fraction of sp³-hybridized carbons (Fsp3) is 0.750. The highest BCUT2D eigenvalue weighted by atomic mass is 32.2. The number of hydrogen-bond donors (Lipinski definition) is 1. The Morgan fingerprint density at radius 2 is 2.29 bits per heavy atom. The third kappa shape index (κ3) is 3.20. The molecule has 21 heavy (non-hydrogen) atoms. The van der Waals surface area contributed by atoms with Gasteiger partial charge in [0.1, 0.15) is 4.90 Å². The highest BCUT2D eigenvalue weighted by Gasteiger charge is 2.36. The molecular weight excluding hydrogens is 312 g/mol. The summed E-state index contributed by atoms with van der Waals surface area (Å²) in [5.41, 5.74) is 6.38. The predicted molar refractivity (Wildman–Crippen MR) is 83.9 cm³/mol. The number of nitrogens with zero attached hydrogens (tertiary/aromatic N) is 3. The fourth-order valence-electron chi connectivity index (χ4n) is 2.48. The molecule has 2 N–H and O–H groups in total. The Morgan fingerprint density at radius 3 is 2.76 bits per heavy atom. The molecule has 1 saturated heterocycles. The largest absolute Gasteiger partial charge is 0.383 e. The lowest BCUT2D eigenvalue weighted by Gasteiger charge is -2.27. The van der Waals surface area contributed by atoms with Crippen molar-refractivity contribution < 1.29 is 13.2 Å². The predicted octanol–water partition coefficient (Wildman–Crippen LogP) is 0.453. The minimum absolute atomic E-state index is 0.00541. The van der Waals surface area contributed by atoms with Gasteiger partial charge in [0.2, 0.25) is 10.0 Å². The lowest BCUT2D eigenvalue weighted by atomic mass is 10.3. The van der Waals surface area contributed by atoms with E-state index >= 15 is 0 Å². The van der Waals surface area contributed by atoms with E-state index in [1.807, 2.05) is 0 Å². The first-order chi connectivity index (χ1) is 9.89. The van der Waals surface area contributed by atoms with Crippen LogP contribution in [0.4, 0.5) is 5.82 Å². The molecule has 0 amide bonds. The van der Waals surface area contributed by atoms with Gasteiger partial charge in [-0.3, -0.25) is 4.68 Å². The topological polar surface area (TPSA) is 90.4 Å². The lowest BCUT2D eigenvalue weighted by molar-refractivity contribution is 0.169. The molecule has 0 saturated carbocycles. The van der Waals surface area contributed by atoms with Gasteiger partial charge < -0.3 is 10.5 Å². The molecule has 9 heteroatoms. The van der Waals surface area contributed by atoms with Gasteiger partial charge in [0.05, 0.1) is 12.3 Å². The van der Waals surface area contributed by atoms with E-state index in [4.69, 9.17) is 10.5 Å². The minimum atomic E-state index is -3.67. The molecule has 2 heterocycles. The van der Waals surface area contributed by atoms with Gasteiger partial charge in [0.25, 0.3) is 0 Å². The van der Waals surface area contributed by atoms with Gasteiger partial charge >= 0.3 is 0 Å². The third-order valence-electron chi connectivity index (χ3n) is 3.70. The first-order valence-corrected chi connectivity index (χ1v) is 9.36. The second-order valence-electron chi connectivity index (χ2n) is 5.05. The summed E-state index contributed by atoms with van der Waals surface area (Å²) >= 11 is 1.77. The van der Waals surface area contributed by atoms with Crippen molar-refractivity contribution in [1.82, 2.24) is 14.1 Å². The van der Waals surface area contributed by atoms with Gasteiger partial charge in [0.15, 0.2) is 5.82 Å². The van der Waals surface area contributed by atoms with Crippen LogP contribution in [0.15, 0.2) is 4.90 Å². The average Bonchev–Trinajstić information content (AvgIpc) is 2.99. The Bertz CT molecular complexity index is 594. The maximum Gasteiger partial charge on any atom is 0.248 e. The molecule has 0 aromatic carbocycles. The van der Waals surface area contributed by atoms with E-state index in [0.29, 0.717) is 18.8 Å². The molecule has 0 radical (unpaired) electrons. The first-order valence-electron chi connectivity index (χ1n) is 6.77. The highest BCUT2D eigenvalue weighted by Crippen LogP contribution is 2.31. The second-order valence-corrected chi connectivity index (χ2v) is 8.03. The maximum absolute atomic E-state index is 13.0. The van der Waals surface area contributed by atoms with Gasteiger partial charge in [-0.1, -0.05) is 0 Å². The molecule has 1 unspecified atom stereocenters. The number of nitrogens with two attached hydrogens (primary N) is 1. The monoisotopic (exact) mass is 334 g/mol. The number of nitrogen functional groups attached to an aromatic ring is 1. The van der Waals surface area contributed by atoms with Crippen LogP contribution in [-0.4, -0.2) is 60.3 Å². The number of thioether (sulfide) groups is 1. The Kier molecular flexibility index (Phi) is 5.18. The molecule has 1 aliphatic rings. The number of rotatable bonds is 6. The number of anilines is 1. The van der Waals surface area contributed by atoms with E-state index in [0.717, 1.165) is 17.9 Å². The fourth-order valence-corrected chi connectivity index (χ4v) is 5.73. The highest BCUT2D eigenvalue weighted by molar-refractivity contribution is 7.99. The van der Waals surface area contributed by atoms with Crippen molar-refractivity contribution in [3.05, 3.63) is 5.69 Å². The summed E-state index contributed by atoms with van der Waals surface area (Å²) in [5, 5.41) is 4.02. The van der Waals surface area contributed by atoms with Gasteiger partial charge in [-0.2, -0.15) is 21.2 Å². The molecule has 1 aromatic rings. The lowest BCUT2D eigenvalue weighted by Crippen LogP contribution is -2.42. The van der Waals surface area contributed by atoms with Gasteiger partial charge in [-0.05, 0) is 19.1 Å². The molecule has 2 rings (SSSR count). The standard InChI is InChI=1S/C12H22N4O3S2/c1-9-11(12(13)14-15(9)2)21(17,18)16(5-6-19-3)10-4-7-20-8-10/h10H,4-8H2,1-3H3,(H2,13,14). The number of ether oxygens (including phenoxy) is 1. The zero-order chi connectivity index (χ0) is 15.6. The van der Waals surface area contributed by atoms with E-state index < -0.39 is 10.0 Å². The number of aryl methyl sites for hydroxylation is 1. The summed E-state index contributed by atoms with van der Waals surface area (Å²) in [6.45, 7) is 2.41. The summed E-state index contributed by atoms with van der Waals surface area (Å²) in [4.78, 5) is 0.123. The number of sulfonamides is 1. The molecule has 0 spiro atoms. The summed E-state index contributed by atoms with van der Waals surface area (Å²) in [7, 11) is -0.408. The first kappa shape index (κ1) is 16.6. The SMILES string of the molecule is COCCN(C1CCSC1)S(=O)(=O)c1c(N)nn(C)c1C. The normalized spacial score (nSPS) is 19.5. The van der Waals surface area contributed by atoms with Crippen molar-refractivity contribution in [3.63, 3.8) is 0 Å². The average molecular weight is 334 g/mol. The molecule has 1 fully saturated rings. The molecule has 1 aliphatic heterocycles. The van der Waals surface area contributed by atoms with Crippen LogP contribution in [0.3, 0.4) is 0 Å². The van der Waals surface area contributed by atoms with E-state index in [9.17, 15) is 8.42 Å². The minimum Gasteiger partial charge on any atom is -0.383 e. The molecule has 7 nitrogen and oxygen atoms in total. The quantitative estimate of drug-likeness (QED) is 0.812. The molecule has 0 aliphatic carbocycles.